The number of morpholine rings is 1. The largest absolute Gasteiger partial charge is 0.374 e. The molecule has 3 nitrogen and oxygen atoms in total. The predicted molar refractivity (Wildman–Crippen MR) is 85.0 cm³/mol. The fourth-order valence-corrected chi connectivity index (χ4v) is 3.96. The first-order valence-electron chi connectivity index (χ1n) is 6.96. The van der Waals surface area contributed by atoms with E-state index >= 15 is 0 Å². The van der Waals surface area contributed by atoms with Gasteiger partial charge in [0.2, 0.25) is 0 Å². The van der Waals surface area contributed by atoms with E-state index in [0.717, 1.165) is 39.1 Å². The van der Waals surface area contributed by atoms with E-state index in [1.807, 2.05) is 11.3 Å². The molecule has 19 heavy (non-hydrogen) atoms. The van der Waals surface area contributed by atoms with Crippen LogP contribution in [0.4, 0.5) is 0 Å². The summed E-state index contributed by atoms with van der Waals surface area (Å²) in [6, 6.07) is 2.53. The summed E-state index contributed by atoms with van der Waals surface area (Å²) in [6.07, 6.45) is 2.49. The van der Waals surface area contributed by atoms with Crippen LogP contribution in [0.5, 0.6) is 0 Å². The zero-order chi connectivity index (χ0) is 13.7. The highest BCUT2D eigenvalue weighted by atomic mass is 79.9. The lowest BCUT2D eigenvalue weighted by atomic mass is 10.0. The average Bonchev–Trinajstić information content (AvgIpc) is 2.80. The molecular weight excluding hydrogens is 324 g/mol. The second kappa shape index (κ2) is 7.74. The van der Waals surface area contributed by atoms with Crippen LogP contribution < -0.4 is 5.32 Å². The minimum atomic E-state index is 0.291. The highest BCUT2D eigenvalue weighted by Gasteiger charge is 2.27. The Hall–Kier alpha value is 0.0600. The van der Waals surface area contributed by atoms with Crippen molar-refractivity contribution in [3.05, 3.63) is 20.8 Å². The fourth-order valence-electron chi connectivity index (χ4n) is 2.39. The van der Waals surface area contributed by atoms with Gasteiger partial charge in [-0.3, -0.25) is 0 Å². The van der Waals surface area contributed by atoms with Crippen molar-refractivity contribution in [1.29, 1.82) is 0 Å². The number of ether oxygens (including phenoxy) is 1. The summed E-state index contributed by atoms with van der Waals surface area (Å²) in [5, 5.41) is 5.80. The second-order valence-electron chi connectivity index (χ2n) is 5.13. The Morgan fingerprint density at radius 2 is 2.47 bits per heavy atom. The molecule has 1 aliphatic rings. The van der Waals surface area contributed by atoms with Gasteiger partial charge in [0.1, 0.15) is 0 Å². The molecule has 2 heterocycles. The standard InChI is InChI=1S/C14H23BrN2OS/c1-3-5-16-12(9-14-11(15)4-8-19-14)13-10-17(2)6-7-18-13/h4,8,12-13,16H,3,5-7,9-10H2,1-2H3. The van der Waals surface area contributed by atoms with Gasteiger partial charge in [-0.1, -0.05) is 6.92 Å². The molecule has 5 heteroatoms. The molecule has 2 rings (SSSR count). The van der Waals surface area contributed by atoms with Gasteiger partial charge in [-0.15, -0.1) is 11.3 Å². The Balaban J connectivity index is 2.00. The Labute approximate surface area is 128 Å². The number of thiophene rings is 1. The SMILES string of the molecule is CCCNC(Cc1sccc1Br)C1CN(C)CCO1. The van der Waals surface area contributed by atoms with Crippen molar-refractivity contribution in [3.8, 4) is 0 Å². The van der Waals surface area contributed by atoms with Gasteiger partial charge < -0.3 is 15.0 Å². The predicted octanol–water partition coefficient (Wildman–Crippen LogP) is 2.75. The number of likely N-dealkylation sites (N-methyl/N-ethyl adjacent to an activating group) is 1. The third-order valence-corrected chi connectivity index (χ3v) is 5.45. The minimum absolute atomic E-state index is 0.291. The van der Waals surface area contributed by atoms with E-state index in [4.69, 9.17) is 4.74 Å². The van der Waals surface area contributed by atoms with Gasteiger partial charge in [-0.25, -0.2) is 0 Å². The number of halogens is 1. The number of nitrogens with zero attached hydrogens (tertiary/aromatic N) is 1. The van der Waals surface area contributed by atoms with Gasteiger partial charge in [0.05, 0.1) is 12.7 Å². The molecule has 0 radical (unpaired) electrons. The molecule has 0 aromatic carbocycles. The van der Waals surface area contributed by atoms with Crippen molar-refractivity contribution >= 4 is 27.3 Å². The summed E-state index contributed by atoms with van der Waals surface area (Å²) in [5.41, 5.74) is 0. The van der Waals surface area contributed by atoms with Crippen molar-refractivity contribution in [2.75, 3.05) is 33.3 Å². The lowest BCUT2D eigenvalue weighted by molar-refractivity contribution is -0.0382. The molecule has 0 spiro atoms. The number of nitrogens with one attached hydrogen (secondary N) is 1. The Morgan fingerprint density at radius 1 is 1.63 bits per heavy atom. The summed E-state index contributed by atoms with van der Waals surface area (Å²) >= 11 is 5.45. The molecule has 1 aromatic heterocycles. The van der Waals surface area contributed by atoms with E-state index < -0.39 is 0 Å². The second-order valence-corrected chi connectivity index (χ2v) is 6.98. The van der Waals surface area contributed by atoms with Crippen LogP contribution in [0.1, 0.15) is 18.2 Å². The number of rotatable bonds is 6. The van der Waals surface area contributed by atoms with Gasteiger partial charge in [-0.05, 0) is 47.4 Å². The molecule has 1 N–H and O–H groups in total. The molecule has 2 atom stereocenters. The molecule has 0 aliphatic carbocycles. The van der Waals surface area contributed by atoms with E-state index in [2.05, 4.69) is 51.6 Å². The van der Waals surface area contributed by atoms with Gasteiger partial charge in [-0.2, -0.15) is 0 Å². The Morgan fingerprint density at radius 3 is 3.11 bits per heavy atom. The van der Waals surface area contributed by atoms with Crippen LogP contribution in [-0.2, 0) is 11.2 Å². The lowest BCUT2D eigenvalue weighted by Crippen LogP contribution is -2.52. The Kier molecular flexibility index (Phi) is 6.29. The van der Waals surface area contributed by atoms with Crippen LogP contribution in [0.2, 0.25) is 0 Å². The summed E-state index contributed by atoms with van der Waals surface area (Å²) in [6.45, 7) is 6.16. The van der Waals surface area contributed by atoms with E-state index in [1.165, 1.54) is 9.35 Å². The summed E-state index contributed by atoms with van der Waals surface area (Å²) < 4.78 is 7.21. The highest BCUT2D eigenvalue weighted by Crippen LogP contribution is 2.25. The zero-order valence-electron chi connectivity index (χ0n) is 11.7. The van der Waals surface area contributed by atoms with Crippen molar-refractivity contribution in [3.63, 3.8) is 0 Å². The van der Waals surface area contributed by atoms with E-state index in [-0.39, 0.29) is 0 Å². The minimum Gasteiger partial charge on any atom is -0.374 e. The van der Waals surface area contributed by atoms with Crippen LogP contribution in [0, 0.1) is 0 Å². The fraction of sp³-hybridized carbons (Fsp3) is 0.714. The first kappa shape index (κ1) is 15.4. The topological polar surface area (TPSA) is 24.5 Å². The first-order valence-corrected chi connectivity index (χ1v) is 8.63. The van der Waals surface area contributed by atoms with Crippen LogP contribution in [0.25, 0.3) is 0 Å². The molecule has 0 amide bonds. The molecule has 0 bridgehead atoms. The molecular formula is C14H23BrN2OS. The summed E-state index contributed by atoms with van der Waals surface area (Å²) in [7, 11) is 2.17. The third kappa shape index (κ3) is 4.53. The van der Waals surface area contributed by atoms with Crippen molar-refractivity contribution < 1.29 is 4.74 Å². The van der Waals surface area contributed by atoms with E-state index in [9.17, 15) is 0 Å². The maximum Gasteiger partial charge on any atom is 0.0858 e. The van der Waals surface area contributed by atoms with Gasteiger partial charge in [0, 0.05) is 34.9 Å². The average molecular weight is 347 g/mol. The van der Waals surface area contributed by atoms with Crippen LogP contribution in [0.3, 0.4) is 0 Å². The maximum atomic E-state index is 5.98. The number of hydrogen-bond donors (Lipinski definition) is 1. The van der Waals surface area contributed by atoms with Gasteiger partial charge in [0.25, 0.3) is 0 Å². The highest BCUT2D eigenvalue weighted by molar-refractivity contribution is 9.10. The van der Waals surface area contributed by atoms with Gasteiger partial charge >= 0.3 is 0 Å². The van der Waals surface area contributed by atoms with Crippen LogP contribution in [-0.4, -0.2) is 50.3 Å². The smallest absolute Gasteiger partial charge is 0.0858 e. The maximum absolute atomic E-state index is 5.98. The zero-order valence-corrected chi connectivity index (χ0v) is 14.1. The molecule has 1 aromatic rings. The normalized spacial score (nSPS) is 22.6. The molecule has 2 unspecified atom stereocenters. The number of hydrogen-bond acceptors (Lipinski definition) is 4. The molecule has 0 saturated carbocycles. The van der Waals surface area contributed by atoms with Crippen molar-refractivity contribution in [2.24, 2.45) is 0 Å². The van der Waals surface area contributed by atoms with Crippen molar-refractivity contribution in [1.82, 2.24) is 10.2 Å². The molecule has 108 valence electrons. The lowest BCUT2D eigenvalue weighted by Gasteiger charge is -2.35. The van der Waals surface area contributed by atoms with Crippen LogP contribution >= 0.6 is 27.3 Å². The quantitative estimate of drug-likeness (QED) is 0.856. The molecule has 1 fully saturated rings. The Bertz CT molecular complexity index is 385. The van der Waals surface area contributed by atoms with E-state index in [0.29, 0.717) is 12.1 Å². The monoisotopic (exact) mass is 346 g/mol. The summed E-state index contributed by atoms with van der Waals surface area (Å²) in [4.78, 5) is 3.77. The third-order valence-electron chi connectivity index (χ3n) is 3.50. The van der Waals surface area contributed by atoms with E-state index in [1.54, 1.807) is 0 Å². The molecule has 1 aliphatic heterocycles. The van der Waals surface area contributed by atoms with Crippen molar-refractivity contribution in [2.45, 2.75) is 31.9 Å². The first-order chi connectivity index (χ1) is 9.20. The van der Waals surface area contributed by atoms with Gasteiger partial charge in [0.15, 0.2) is 0 Å². The molecule has 1 saturated heterocycles. The van der Waals surface area contributed by atoms with Crippen LogP contribution in [0.15, 0.2) is 15.9 Å². The summed E-state index contributed by atoms with van der Waals surface area (Å²) in [5.74, 6) is 0.